The summed E-state index contributed by atoms with van der Waals surface area (Å²) in [5, 5.41) is 13.3. The van der Waals surface area contributed by atoms with Gasteiger partial charge < -0.3 is 0 Å². The van der Waals surface area contributed by atoms with Gasteiger partial charge in [0, 0.05) is 4.91 Å². The van der Waals surface area contributed by atoms with E-state index < -0.39 is 16.4 Å². The normalized spacial score (nSPS) is 9.00. The standard InChI is InChI=1S/C6H3FN4O2/c7-4-2-1-3-5(9-10-8)6(4)11(12)13/h1-3H/i7-1. The highest BCUT2D eigenvalue weighted by Crippen LogP contribution is 2.29. The zero-order valence-electron chi connectivity index (χ0n) is 6.22. The minimum absolute atomic E-state index is 0.326. The molecule has 1 aromatic rings. The summed E-state index contributed by atoms with van der Waals surface area (Å²) in [6.07, 6.45) is 0. The average molecular weight is 181 g/mol. The van der Waals surface area contributed by atoms with Crippen LogP contribution in [0.1, 0.15) is 0 Å². The summed E-state index contributed by atoms with van der Waals surface area (Å²) in [7, 11) is 0. The summed E-state index contributed by atoms with van der Waals surface area (Å²) in [5.74, 6) is -1.02. The van der Waals surface area contributed by atoms with Gasteiger partial charge in [-0.3, -0.25) is 10.1 Å². The first-order valence-corrected chi connectivity index (χ1v) is 3.15. The highest BCUT2D eigenvalue weighted by Gasteiger charge is 2.18. The number of azide groups is 1. The number of benzene rings is 1. The van der Waals surface area contributed by atoms with Crippen LogP contribution in [0.5, 0.6) is 0 Å². The van der Waals surface area contributed by atoms with Crippen LogP contribution >= 0.6 is 0 Å². The van der Waals surface area contributed by atoms with Crippen molar-refractivity contribution in [1.82, 2.24) is 0 Å². The summed E-state index contributed by atoms with van der Waals surface area (Å²) in [4.78, 5) is 11.7. The Morgan fingerprint density at radius 3 is 2.85 bits per heavy atom. The molecule has 0 saturated carbocycles. The highest BCUT2D eigenvalue weighted by atomic mass is 18.2. The fourth-order valence-electron chi connectivity index (χ4n) is 0.814. The number of nitrogens with zero attached hydrogens (tertiary/aromatic N) is 4. The fraction of sp³-hybridized carbons (Fsp3) is 0. The average Bonchev–Trinajstić information content (AvgIpc) is 2.04. The summed E-state index contributed by atoms with van der Waals surface area (Å²) >= 11 is 0. The maximum Gasteiger partial charge on any atom is 0.314 e. The van der Waals surface area contributed by atoms with Crippen LogP contribution in [-0.4, -0.2) is 4.92 Å². The van der Waals surface area contributed by atoms with E-state index in [0.717, 1.165) is 6.07 Å². The Morgan fingerprint density at radius 2 is 2.31 bits per heavy atom. The maximum atomic E-state index is 12.8. The number of nitro benzene ring substituents is 1. The van der Waals surface area contributed by atoms with Crippen LogP contribution in [0, 0.1) is 15.9 Å². The maximum absolute atomic E-state index is 12.8. The second kappa shape index (κ2) is 3.51. The minimum atomic E-state index is -1.02. The molecule has 0 N–H and O–H groups in total. The lowest BCUT2D eigenvalue weighted by Crippen LogP contribution is -1.91. The van der Waals surface area contributed by atoms with Gasteiger partial charge in [0.05, 0.1) is 4.92 Å². The van der Waals surface area contributed by atoms with Gasteiger partial charge in [-0.1, -0.05) is 11.2 Å². The van der Waals surface area contributed by atoms with Crippen LogP contribution in [0.25, 0.3) is 10.4 Å². The van der Waals surface area contributed by atoms with E-state index in [1.54, 1.807) is 0 Å². The summed E-state index contributed by atoms with van der Waals surface area (Å²) < 4.78 is 12.8. The molecule has 6 nitrogen and oxygen atoms in total. The monoisotopic (exact) mass is 181 g/mol. The Morgan fingerprint density at radius 1 is 1.62 bits per heavy atom. The molecule has 0 fully saturated rings. The zero-order chi connectivity index (χ0) is 9.84. The third kappa shape index (κ3) is 1.71. The number of hydrogen-bond acceptors (Lipinski definition) is 3. The lowest BCUT2D eigenvalue weighted by Gasteiger charge is -1.95. The molecule has 0 bridgehead atoms. The van der Waals surface area contributed by atoms with Crippen LogP contribution in [0.3, 0.4) is 0 Å². The largest absolute Gasteiger partial charge is 0.314 e. The third-order valence-electron chi connectivity index (χ3n) is 1.30. The SMILES string of the molecule is [N-]=[N+]=Nc1cccc([18F])c1[N+](=O)[O-]. The van der Waals surface area contributed by atoms with Crippen molar-refractivity contribution in [3.05, 3.63) is 44.6 Å². The number of rotatable bonds is 2. The van der Waals surface area contributed by atoms with Crippen molar-refractivity contribution in [3.63, 3.8) is 0 Å². The predicted octanol–water partition coefficient (Wildman–Crippen LogP) is 2.68. The molecule has 0 aliphatic heterocycles. The topological polar surface area (TPSA) is 91.9 Å². The first-order valence-electron chi connectivity index (χ1n) is 3.15. The van der Waals surface area contributed by atoms with Gasteiger partial charge in [-0.05, 0) is 17.7 Å². The van der Waals surface area contributed by atoms with Crippen molar-refractivity contribution >= 4 is 11.4 Å². The molecule has 0 radical (unpaired) electrons. The van der Waals surface area contributed by atoms with Crippen LogP contribution in [0.4, 0.5) is 15.8 Å². The lowest BCUT2D eigenvalue weighted by molar-refractivity contribution is -0.386. The molecule has 66 valence electrons. The van der Waals surface area contributed by atoms with E-state index in [0.29, 0.717) is 0 Å². The van der Waals surface area contributed by atoms with E-state index in [1.165, 1.54) is 12.1 Å². The first kappa shape index (κ1) is 8.95. The highest BCUT2D eigenvalue weighted by molar-refractivity contribution is 5.57. The van der Waals surface area contributed by atoms with Crippen molar-refractivity contribution in [1.29, 1.82) is 0 Å². The molecule has 13 heavy (non-hydrogen) atoms. The van der Waals surface area contributed by atoms with Gasteiger partial charge in [0.1, 0.15) is 5.69 Å². The van der Waals surface area contributed by atoms with Crippen molar-refractivity contribution in [2.75, 3.05) is 0 Å². The molecule has 0 saturated heterocycles. The summed E-state index contributed by atoms with van der Waals surface area (Å²) in [6.45, 7) is 0. The van der Waals surface area contributed by atoms with E-state index >= 15 is 0 Å². The molecule has 0 spiro atoms. The van der Waals surface area contributed by atoms with E-state index in [-0.39, 0.29) is 5.69 Å². The van der Waals surface area contributed by atoms with Gasteiger partial charge in [-0.25, -0.2) is 0 Å². The zero-order valence-corrected chi connectivity index (χ0v) is 6.22. The molecule has 0 aromatic heterocycles. The van der Waals surface area contributed by atoms with Gasteiger partial charge in [0.25, 0.3) is 0 Å². The fourth-order valence-corrected chi connectivity index (χ4v) is 0.814. The summed E-state index contributed by atoms with van der Waals surface area (Å²) in [6, 6.07) is 3.32. The smallest absolute Gasteiger partial charge is 0.258 e. The molecular weight excluding hydrogens is 178 g/mol. The number of hydrogen-bond donors (Lipinski definition) is 0. The Labute approximate surface area is 71.4 Å². The Balaban J connectivity index is 3.42. The Hall–Kier alpha value is -2.14. The Kier molecular flexibility index (Phi) is 2.41. The molecule has 0 amide bonds. The first-order chi connectivity index (χ1) is 6.16. The molecule has 7 heteroatoms. The van der Waals surface area contributed by atoms with E-state index in [9.17, 15) is 14.5 Å². The lowest BCUT2D eigenvalue weighted by atomic mass is 10.2. The molecule has 1 aromatic carbocycles. The molecule has 0 unspecified atom stereocenters. The predicted molar refractivity (Wildman–Crippen MR) is 41.9 cm³/mol. The molecule has 0 heterocycles. The van der Waals surface area contributed by atoms with Crippen LogP contribution in [-0.2, 0) is 0 Å². The van der Waals surface area contributed by atoms with Gasteiger partial charge >= 0.3 is 5.69 Å². The van der Waals surface area contributed by atoms with Crippen LogP contribution in [0.15, 0.2) is 23.3 Å². The van der Waals surface area contributed by atoms with Gasteiger partial charge in [0.2, 0.25) is 5.82 Å². The van der Waals surface area contributed by atoms with Gasteiger partial charge in [-0.15, -0.1) is 0 Å². The number of nitro groups is 1. The van der Waals surface area contributed by atoms with E-state index in [4.69, 9.17) is 5.53 Å². The number of para-hydroxylation sites is 1. The quantitative estimate of drug-likeness (QED) is 0.230. The second-order valence-corrected chi connectivity index (χ2v) is 2.05. The van der Waals surface area contributed by atoms with Crippen molar-refractivity contribution in [3.8, 4) is 0 Å². The molecule has 0 atom stereocenters. The van der Waals surface area contributed by atoms with Crippen molar-refractivity contribution in [2.45, 2.75) is 0 Å². The van der Waals surface area contributed by atoms with E-state index in [1.807, 2.05) is 0 Å². The van der Waals surface area contributed by atoms with E-state index in [2.05, 4.69) is 10.0 Å². The van der Waals surface area contributed by atoms with Gasteiger partial charge in [0.15, 0.2) is 0 Å². The molecule has 0 aliphatic carbocycles. The Bertz CT molecular complexity index is 400. The molecular formula is C6H3FN4O2. The van der Waals surface area contributed by atoms with Crippen LogP contribution in [0.2, 0.25) is 0 Å². The number of halogens is 1. The summed E-state index contributed by atoms with van der Waals surface area (Å²) in [5.41, 5.74) is 6.90. The van der Waals surface area contributed by atoms with Crippen molar-refractivity contribution in [2.24, 2.45) is 5.11 Å². The molecule has 1 rings (SSSR count). The van der Waals surface area contributed by atoms with Crippen LogP contribution < -0.4 is 0 Å². The van der Waals surface area contributed by atoms with Gasteiger partial charge in [-0.2, -0.15) is 4.39 Å². The third-order valence-corrected chi connectivity index (χ3v) is 1.30. The van der Waals surface area contributed by atoms with Crippen molar-refractivity contribution < 1.29 is 9.31 Å². The second-order valence-electron chi connectivity index (χ2n) is 2.05. The molecule has 0 aliphatic rings. The minimum Gasteiger partial charge on any atom is -0.258 e.